The van der Waals surface area contributed by atoms with Gasteiger partial charge in [0.05, 0.1) is 12.0 Å². The zero-order valence-corrected chi connectivity index (χ0v) is 16.5. The molecule has 2 atom stereocenters. The molecule has 29 heavy (non-hydrogen) atoms. The number of nitrogens with zero attached hydrogens (tertiary/aromatic N) is 1. The van der Waals surface area contributed by atoms with E-state index in [0.717, 1.165) is 24.0 Å². The molecule has 8 heteroatoms. The maximum Gasteiger partial charge on any atom is 0.293 e. The van der Waals surface area contributed by atoms with Crippen LogP contribution in [-0.2, 0) is 9.59 Å². The summed E-state index contributed by atoms with van der Waals surface area (Å²) < 4.78 is 0. The first-order chi connectivity index (χ1) is 13.8. The molecule has 1 unspecified atom stereocenters. The lowest BCUT2D eigenvalue weighted by atomic mass is 10.0. The highest BCUT2D eigenvalue weighted by atomic mass is 16.6. The lowest BCUT2D eigenvalue weighted by Crippen LogP contribution is -3.11. The van der Waals surface area contributed by atoms with Crippen molar-refractivity contribution in [2.75, 3.05) is 18.9 Å². The van der Waals surface area contributed by atoms with Crippen LogP contribution >= 0.6 is 0 Å². The smallest absolute Gasteiger partial charge is 0.293 e. The van der Waals surface area contributed by atoms with Crippen LogP contribution < -0.4 is 15.5 Å². The summed E-state index contributed by atoms with van der Waals surface area (Å²) in [5.41, 5.74) is 1.45. The van der Waals surface area contributed by atoms with Crippen LogP contribution in [0.5, 0.6) is 0 Å². The number of amides is 2. The number of nitro groups is 1. The maximum atomic E-state index is 13.1. The molecular formula is C21H25N4O4+. The molecule has 0 aliphatic heterocycles. The Bertz CT molecular complexity index is 912. The summed E-state index contributed by atoms with van der Waals surface area (Å²) in [6.07, 6.45) is 1.98. The number of quaternary nitrogens is 1. The molecule has 2 aromatic rings. The predicted molar refractivity (Wildman–Crippen MR) is 109 cm³/mol. The van der Waals surface area contributed by atoms with Gasteiger partial charge in [0.15, 0.2) is 12.6 Å². The quantitative estimate of drug-likeness (QED) is 0.462. The van der Waals surface area contributed by atoms with Crippen molar-refractivity contribution in [1.29, 1.82) is 0 Å². The minimum Gasteiger partial charge on any atom is -0.348 e. The number of carbonyl (C=O) groups is 2. The Morgan fingerprint density at radius 2 is 1.90 bits per heavy atom. The summed E-state index contributed by atoms with van der Waals surface area (Å²) in [4.78, 5) is 36.9. The van der Waals surface area contributed by atoms with Gasteiger partial charge >= 0.3 is 0 Å². The molecule has 0 aromatic heterocycles. The second kappa shape index (κ2) is 8.83. The Morgan fingerprint density at radius 1 is 1.21 bits per heavy atom. The van der Waals surface area contributed by atoms with Gasteiger partial charge < -0.3 is 15.5 Å². The average molecular weight is 397 g/mol. The Balaban J connectivity index is 1.83. The fourth-order valence-electron chi connectivity index (χ4n) is 3.27. The first kappa shape index (κ1) is 20.5. The number of anilines is 1. The van der Waals surface area contributed by atoms with E-state index >= 15 is 0 Å². The van der Waals surface area contributed by atoms with Crippen LogP contribution in [-0.4, -0.2) is 36.4 Å². The van der Waals surface area contributed by atoms with E-state index in [0.29, 0.717) is 4.90 Å². The minimum atomic E-state index is -0.693. The summed E-state index contributed by atoms with van der Waals surface area (Å²) >= 11 is 0. The lowest BCUT2D eigenvalue weighted by molar-refractivity contribution is -0.894. The van der Waals surface area contributed by atoms with Crippen molar-refractivity contribution in [1.82, 2.24) is 5.32 Å². The largest absolute Gasteiger partial charge is 0.348 e. The normalized spacial score (nSPS) is 15.2. The standard InChI is InChI=1S/C21H24N4O4/c1-14-8-11-17(18(12-14)25(28)29)23-21(27)20(15-6-4-3-5-7-15)24(2)13-19(26)22-16-9-10-16/h3-8,11-12,16,20H,9-10,13H2,1-2H3,(H,22,26)(H,23,27)/p+1/t20-/m0/s1. The number of benzene rings is 2. The Kier molecular flexibility index (Phi) is 6.23. The van der Waals surface area contributed by atoms with Crippen LogP contribution in [0, 0.1) is 17.0 Å². The maximum absolute atomic E-state index is 13.1. The first-order valence-corrected chi connectivity index (χ1v) is 9.57. The lowest BCUT2D eigenvalue weighted by Gasteiger charge is -2.24. The molecule has 152 valence electrons. The van der Waals surface area contributed by atoms with Crippen LogP contribution in [0.25, 0.3) is 0 Å². The van der Waals surface area contributed by atoms with Gasteiger partial charge in [-0.1, -0.05) is 36.4 Å². The second-order valence-electron chi connectivity index (χ2n) is 7.48. The van der Waals surface area contributed by atoms with Gasteiger partial charge in [0, 0.05) is 17.7 Å². The number of nitro benzene ring substituents is 1. The molecule has 1 aliphatic rings. The Hall–Kier alpha value is -3.26. The summed E-state index contributed by atoms with van der Waals surface area (Å²) in [6.45, 7) is 1.88. The fraction of sp³-hybridized carbons (Fsp3) is 0.333. The fourth-order valence-corrected chi connectivity index (χ4v) is 3.27. The summed E-state index contributed by atoms with van der Waals surface area (Å²) in [5.74, 6) is -0.514. The van der Waals surface area contributed by atoms with E-state index in [1.165, 1.54) is 12.1 Å². The minimum absolute atomic E-state index is 0.111. The van der Waals surface area contributed by atoms with E-state index in [1.54, 1.807) is 20.0 Å². The van der Waals surface area contributed by atoms with Gasteiger partial charge in [-0.3, -0.25) is 19.7 Å². The van der Waals surface area contributed by atoms with E-state index in [1.807, 2.05) is 30.3 Å². The topological polar surface area (TPSA) is 106 Å². The van der Waals surface area contributed by atoms with Crippen molar-refractivity contribution in [2.45, 2.75) is 31.8 Å². The molecule has 0 spiro atoms. The van der Waals surface area contributed by atoms with Gasteiger partial charge in [-0.2, -0.15) is 0 Å². The Morgan fingerprint density at radius 3 is 2.52 bits per heavy atom. The number of nitrogens with one attached hydrogen (secondary N) is 3. The SMILES string of the molecule is Cc1ccc(NC(=O)[C@H](c2ccccc2)[NH+](C)CC(=O)NC2CC2)c([N+](=O)[O-])c1. The van der Waals surface area contributed by atoms with Gasteiger partial charge in [-0.25, -0.2) is 0 Å². The van der Waals surface area contributed by atoms with Crippen molar-refractivity contribution < 1.29 is 19.4 Å². The van der Waals surface area contributed by atoms with E-state index in [4.69, 9.17) is 0 Å². The zero-order chi connectivity index (χ0) is 21.0. The molecule has 1 fully saturated rings. The summed E-state index contributed by atoms with van der Waals surface area (Å²) in [5, 5.41) is 17.0. The molecule has 1 saturated carbocycles. The number of likely N-dealkylation sites (N-methyl/N-ethyl adjacent to an activating group) is 1. The van der Waals surface area contributed by atoms with Crippen LogP contribution in [0.3, 0.4) is 0 Å². The van der Waals surface area contributed by atoms with Crippen molar-refractivity contribution in [3.05, 3.63) is 69.8 Å². The number of hydrogen-bond donors (Lipinski definition) is 3. The molecule has 1 aliphatic carbocycles. The number of carbonyl (C=O) groups excluding carboxylic acids is 2. The van der Waals surface area contributed by atoms with Crippen molar-refractivity contribution in [3.8, 4) is 0 Å². The van der Waals surface area contributed by atoms with E-state index in [-0.39, 0.29) is 29.9 Å². The monoisotopic (exact) mass is 397 g/mol. The average Bonchev–Trinajstić information content (AvgIpc) is 3.47. The molecule has 3 N–H and O–H groups in total. The third-order valence-electron chi connectivity index (χ3n) is 4.88. The molecular weight excluding hydrogens is 372 g/mol. The van der Waals surface area contributed by atoms with Crippen molar-refractivity contribution in [2.24, 2.45) is 0 Å². The molecule has 0 radical (unpaired) electrons. The molecule has 8 nitrogen and oxygen atoms in total. The highest BCUT2D eigenvalue weighted by Crippen LogP contribution is 2.26. The van der Waals surface area contributed by atoms with Gasteiger partial charge in [-0.15, -0.1) is 0 Å². The summed E-state index contributed by atoms with van der Waals surface area (Å²) in [7, 11) is 1.77. The molecule has 2 amide bonds. The van der Waals surface area contributed by atoms with Crippen LogP contribution in [0.2, 0.25) is 0 Å². The highest BCUT2D eigenvalue weighted by Gasteiger charge is 2.33. The van der Waals surface area contributed by atoms with Gasteiger partial charge in [0.25, 0.3) is 17.5 Å². The van der Waals surface area contributed by atoms with E-state index in [9.17, 15) is 19.7 Å². The second-order valence-corrected chi connectivity index (χ2v) is 7.48. The van der Waals surface area contributed by atoms with Gasteiger partial charge in [-0.05, 0) is 31.4 Å². The summed E-state index contributed by atoms with van der Waals surface area (Å²) in [6, 6.07) is 13.3. The third-order valence-corrected chi connectivity index (χ3v) is 4.88. The van der Waals surface area contributed by atoms with Crippen LogP contribution in [0.1, 0.15) is 30.0 Å². The van der Waals surface area contributed by atoms with Crippen LogP contribution in [0.4, 0.5) is 11.4 Å². The first-order valence-electron chi connectivity index (χ1n) is 9.57. The van der Waals surface area contributed by atoms with Crippen LogP contribution in [0.15, 0.2) is 48.5 Å². The molecule has 3 rings (SSSR count). The van der Waals surface area contributed by atoms with Crippen molar-refractivity contribution in [3.63, 3.8) is 0 Å². The Labute approximate surface area is 169 Å². The van der Waals surface area contributed by atoms with Gasteiger partial charge in [0.1, 0.15) is 5.69 Å². The van der Waals surface area contributed by atoms with Gasteiger partial charge in [0.2, 0.25) is 0 Å². The molecule has 2 aromatic carbocycles. The molecule has 0 bridgehead atoms. The third kappa shape index (κ3) is 5.39. The number of rotatable bonds is 8. The highest BCUT2D eigenvalue weighted by molar-refractivity contribution is 5.96. The van der Waals surface area contributed by atoms with E-state index in [2.05, 4.69) is 10.6 Å². The predicted octanol–water partition coefficient (Wildman–Crippen LogP) is 1.38. The number of hydrogen-bond acceptors (Lipinski definition) is 4. The molecule has 0 saturated heterocycles. The zero-order valence-electron chi connectivity index (χ0n) is 16.5. The van der Waals surface area contributed by atoms with Crippen molar-refractivity contribution >= 4 is 23.2 Å². The molecule has 0 heterocycles. The van der Waals surface area contributed by atoms with E-state index < -0.39 is 16.9 Å². The number of aryl methyl sites for hydroxylation is 1.